The number of ketones is 1. The van der Waals surface area contributed by atoms with Crippen LogP contribution in [0.1, 0.15) is 80.6 Å². The maximum atomic E-state index is 14.4. The van der Waals surface area contributed by atoms with Crippen molar-refractivity contribution in [1.29, 1.82) is 0 Å². The van der Waals surface area contributed by atoms with Crippen LogP contribution in [0.5, 0.6) is 0 Å². The van der Waals surface area contributed by atoms with Crippen molar-refractivity contribution in [3.05, 3.63) is 61.2 Å². The maximum absolute atomic E-state index is 14.4. The lowest BCUT2D eigenvalue weighted by Gasteiger charge is -2.27. The van der Waals surface area contributed by atoms with Gasteiger partial charge in [0.2, 0.25) is 0 Å². The van der Waals surface area contributed by atoms with Crippen LogP contribution in [0.25, 0.3) is 18.2 Å². The summed E-state index contributed by atoms with van der Waals surface area (Å²) < 4.78 is 48.0. The normalized spacial score (nSPS) is 27.7. The summed E-state index contributed by atoms with van der Waals surface area (Å²) in [5.74, 6) is -1.06. The fourth-order valence-electron chi connectivity index (χ4n) is 7.75. The topological polar surface area (TPSA) is 120 Å². The average Bonchev–Trinajstić information content (AvgIpc) is 3.73. The number of carbonyl (C=O) groups is 2. The molecule has 0 radical (unpaired) electrons. The molecule has 0 amide bonds. The molecule has 0 spiro atoms. The molecule has 3 unspecified atom stereocenters. The molecule has 1 saturated carbocycles. The number of esters is 1. The number of halogens is 3. The van der Waals surface area contributed by atoms with E-state index < -0.39 is 17.8 Å². The molecule has 5 heterocycles. The van der Waals surface area contributed by atoms with E-state index in [1.54, 1.807) is 19.1 Å². The van der Waals surface area contributed by atoms with Gasteiger partial charge in [0, 0.05) is 75.2 Å². The Bertz CT molecular complexity index is 1920. The van der Waals surface area contributed by atoms with E-state index in [-0.39, 0.29) is 59.2 Å². The summed E-state index contributed by atoms with van der Waals surface area (Å²) in [6.45, 7) is 10.1. The lowest BCUT2D eigenvalue weighted by atomic mass is 9.80. The summed E-state index contributed by atoms with van der Waals surface area (Å²) in [6, 6.07) is -0.405. The molecule has 3 N–H and O–H groups in total. The molecule has 5 atom stereocenters. The number of hydrogen-bond donors (Lipinski definition) is 3. The predicted octanol–water partition coefficient (Wildman–Crippen LogP) is 4.64. The van der Waals surface area contributed by atoms with Crippen molar-refractivity contribution < 1.29 is 32.6 Å². The van der Waals surface area contributed by atoms with Gasteiger partial charge in [-0.15, -0.1) is 0 Å². The number of fused-ring (bicyclic) bond motifs is 6. The number of alkyl halides is 3. The van der Waals surface area contributed by atoms with Crippen LogP contribution < -0.4 is 10.7 Å². The predicted molar refractivity (Wildman–Crippen MR) is 170 cm³/mol. The first kappa shape index (κ1) is 32.0. The first-order valence-electron chi connectivity index (χ1n) is 15.7. The van der Waals surface area contributed by atoms with Crippen molar-refractivity contribution in [2.24, 2.45) is 27.7 Å². The van der Waals surface area contributed by atoms with Gasteiger partial charge in [0.25, 0.3) is 0 Å². The van der Waals surface area contributed by atoms with Gasteiger partial charge in [-0.25, -0.2) is 0 Å². The van der Waals surface area contributed by atoms with Crippen LogP contribution in [-0.2, 0) is 26.3 Å². The fraction of sp³-hybridized carbons (Fsp3) is 0.486. The van der Waals surface area contributed by atoms with E-state index in [1.807, 2.05) is 33.8 Å². The number of allylic oxidation sites excluding steroid dienone is 2. The summed E-state index contributed by atoms with van der Waals surface area (Å²) in [4.78, 5) is 42.4. The number of aromatic amines is 2. The Balaban J connectivity index is 1.66. The minimum atomic E-state index is -4.94. The van der Waals surface area contributed by atoms with E-state index in [0.29, 0.717) is 40.9 Å². The minimum Gasteiger partial charge on any atom is -0.469 e. The lowest BCUT2D eigenvalue weighted by molar-refractivity contribution is -0.259. The number of ether oxygens (including phenoxy) is 1. The maximum Gasteiger partial charge on any atom is 0.421 e. The van der Waals surface area contributed by atoms with Gasteiger partial charge in [0.05, 0.1) is 18.9 Å². The molecule has 4 aliphatic rings. The zero-order valence-corrected chi connectivity index (χ0v) is 27.1. The number of hydrogen-bond acceptors (Lipinski definition) is 6. The molecule has 46 heavy (non-hydrogen) atoms. The number of carbonyl (C=O) groups excluding carboxylic acids is 2. The van der Waals surface area contributed by atoms with Crippen LogP contribution in [0.15, 0.2) is 26.8 Å². The van der Waals surface area contributed by atoms with Crippen LogP contribution in [0.4, 0.5) is 13.2 Å². The second-order valence-electron chi connectivity index (χ2n) is 13.1. The zero-order chi connectivity index (χ0) is 33.5. The monoisotopic (exact) mass is 636 g/mol. The van der Waals surface area contributed by atoms with Crippen LogP contribution in [0, 0.1) is 31.6 Å². The standard InChI is InChI=1S/C35H39F3N4O4/c1-8-19-15(2)22-14-27-31(34(6,45)35(36,37)38)18(5)25(40-27)12-23-16(3)20(9-10-29(44)46-7)32(41-23)21-11-28(43)30-17(4)24(42-33(21)30)13-26(19)39-22/h12-14,16,20-21,33,39-40,45H,8-11H2,1-7H3/b22-14-,23-12-,26-13-/t16-,20-,21?,33?,34?/m0/s1. The van der Waals surface area contributed by atoms with Gasteiger partial charge in [0.1, 0.15) is 0 Å². The molecular weight excluding hydrogens is 597 g/mol. The second kappa shape index (κ2) is 11.1. The van der Waals surface area contributed by atoms with Crippen molar-refractivity contribution in [3.8, 4) is 0 Å². The molecule has 6 rings (SSSR count). The quantitative estimate of drug-likeness (QED) is 0.414. The van der Waals surface area contributed by atoms with Crippen molar-refractivity contribution in [3.63, 3.8) is 0 Å². The van der Waals surface area contributed by atoms with E-state index in [9.17, 15) is 27.9 Å². The van der Waals surface area contributed by atoms with Crippen molar-refractivity contribution in [2.45, 2.75) is 85.0 Å². The number of rotatable bonds is 5. The average molecular weight is 637 g/mol. The molecule has 2 aromatic rings. The Hall–Kier alpha value is -3.99. The summed E-state index contributed by atoms with van der Waals surface area (Å²) in [6.07, 6.45) is 1.80. The zero-order valence-electron chi connectivity index (χ0n) is 27.1. The Kier molecular flexibility index (Phi) is 7.69. The fourth-order valence-corrected chi connectivity index (χ4v) is 7.75. The largest absolute Gasteiger partial charge is 0.469 e. The Morgan fingerprint density at radius 2 is 1.80 bits per heavy atom. The van der Waals surface area contributed by atoms with E-state index in [0.717, 1.165) is 34.7 Å². The van der Waals surface area contributed by atoms with Crippen LogP contribution in [-0.4, -0.2) is 57.6 Å². The second-order valence-corrected chi connectivity index (χ2v) is 13.1. The van der Waals surface area contributed by atoms with Gasteiger partial charge in [0.15, 0.2) is 11.4 Å². The van der Waals surface area contributed by atoms with Crippen LogP contribution in [0.3, 0.4) is 0 Å². The van der Waals surface area contributed by atoms with Gasteiger partial charge in [-0.2, -0.15) is 13.2 Å². The van der Waals surface area contributed by atoms with Gasteiger partial charge in [-0.05, 0) is 81.0 Å². The lowest BCUT2D eigenvalue weighted by Crippen LogP contribution is -2.40. The third kappa shape index (κ3) is 4.85. The number of aliphatic imine (C=N–C) groups is 2. The number of aliphatic hydroxyl groups is 1. The highest BCUT2D eigenvalue weighted by molar-refractivity contribution is 6.27. The van der Waals surface area contributed by atoms with Gasteiger partial charge >= 0.3 is 12.1 Å². The highest BCUT2D eigenvalue weighted by atomic mass is 19.4. The molecule has 244 valence electrons. The van der Waals surface area contributed by atoms with Gasteiger partial charge in [-0.3, -0.25) is 19.6 Å². The smallest absolute Gasteiger partial charge is 0.421 e. The summed E-state index contributed by atoms with van der Waals surface area (Å²) in [5, 5.41) is 12.4. The molecule has 8 bridgehead atoms. The third-order valence-electron chi connectivity index (χ3n) is 10.4. The molecule has 8 nitrogen and oxygen atoms in total. The molecule has 3 aliphatic heterocycles. The first-order chi connectivity index (χ1) is 21.6. The third-order valence-corrected chi connectivity index (χ3v) is 10.4. The highest BCUT2D eigenvalue weighted by Crippen LogP contribution is 2.47. The molecule has 0 aromatic carbocycles. The Morgan fingerprint density at radius 1 is 1.09 bits per heavy atom. The summed E-state index contributed by atoms with van der Waals surface area (Å²) in [7, 11) is 1.34. The molecule has 2 aromatic heterocycles. The number of nitrogens with zero attached hydrogens (tertiary/aromatic N) is 2. The van der Waals surface area contributed by atoms with Crippen LogP contribution >= 0.6 is 0 Å². The minimum absolute atomic E-state index is 0.0246. The summed E-state index contributed by atoms with van der Waals surface area (Å²) in [5.41, 5.74) is 2.79. The van der Waals surface area contributed by atoms with E-state index in [1.165, 1.54) is 7.11 Å². The Morgan fingerprint density at radius 3 is 2.46 bits per heavy atom. The number of Topliss-reactive ketones (excluding diaryl/α,β-unsaturated/α-hetero) is 1. The summed E-state index contributed by atoms with van der Waals surface area (Å²) >= 11 is 0. The van der Waals surface area contributed by atoms with Gasteiger partial charge < -0.3 is 19.8 Å². The first-order valence-corrected chi connectivity index (χ1v) is 15.7. The SMILES string of the molecule is CCc1c(C)/c2[nH]/c1=C\C1=NC3C(=C1C)C(=O)CC3C1=N/C(=C\c3[nH]c(c(C(C)(O)C(F)(F)F)c3C)\C=2)[C@@H](C)[C@@H]1CCC(=O)OC. The van der Waals surface area contributed by atoms with Crippen molar-refractivity contribution >= 4 is 41.4 Å². The van der Waals surface area contributed by atoms with E-state index in [2.05, 4.69) is 9.97 Å². The van der Waals surface area contributed by atoms with E-state index in [4.69, 9.17) is 14.7 Å². The Labute approximate surface area is 264 Å². The molecular formula is C35H39F3N4O4. The number of nitrogens with one attached hydrogen (secondary N) is 2. The van der Waals surface area contributed by atoms with Crippen molar-refractivity contribution in [2.75, 3.05) is 7.11 Å². The molecule has 11 heteroatoms. The number of aromatic nitrogens is 2. The van der Waals surface area contributed by atoms with Gasteiger partial charge in [-0.1, -0.05) is 13.8 Å². The number of H-pyrrole nitrogens is 2. The van der Waals surface area contributed by atoms with Crippen molar-refractivity contribution in [1.82, 2.24) is 9.97 Å². The number of methoxy groups -OCH3 is 1. The molecule has 0 saturated heterocycles. The van der Waals surface area contributed by atoms with E-state index >= 15 is 0 Å². The highest BCUT2D eigenvalue weighted by Gasteiger charge is 2.54. The molecule has 1 aliphatic carbocycles. The molecule has 1 fully saturated rings. The van der Waals surface area contributed by atoms with Crippen LogP contribution in [0.2, 0.25) is 0 Å².